The highest BCUT2D eigenvalue weighted by molar-refractivity contribution is 7.89. The van der Waals surface area contributed by atoms with Crippen molar-refractivity contribution in [2.24, 2.45) is 0 Å². The van der Waals surface area contributed by atoms with Crippen molar-refractivity contribution in [2.45, 2.75) is 45.6 Å². The average molecular weight is 271 g/mol. The molecule has 0 spiro atoms. The second-order valence-corrected chi connectivity index (χ2v) is 6.49. The molecule has 1 aromatic carbocycles. The molecule has 1 atom stereocenters. The predicted octanol–water partition coefficient (Wildman–Crippen LogP) is 1.58. The summed E-state index contributed by atoms with van der Waals surface area (Å²) >= 11 is 0. The fourth-order valence-corrected chi connectivity index (χ4v) is 3.62. The van der Waals surface area contributed by atoms with Crippen molar-refractivity contribution in [3.63, 3.8) is 0 Å². The smallest absolute Gasteiger partial charge is 0.241 e. The van der Waals surface area contributed by atoms with E-state index in [0.29, 0.717) is 4.90 Å². The van der Waals surface area contributed by atoms with Crippen LogP contribution in [0, 0.1) is 27.7 Å². The summed E-state index contributed by atoms with van der Waals surface area (Å²) in [5.74, 6) is 0. The van der Waals surface area contributed by atoms with E-state index >= 15 is 0 Å². The summed E-state index contributed by atoms with van der Waals surface area (Å²) in [6.07, 6.45) is -0.703. The standard InChI is InChI=1S/C13H21NO3S/c1-8-6-9(2)12(5)13(11(8)4)18(16,17)14-7-10(3)15/h6,10,14-15H,7H2,1-5H3/t10-/m1/s1. The van der Waals surface area contributed by atoms with Crippen LogP contribution in [0.25, 0.3) is 0 Å². The van der Waals surface area contributed by atoms with Crippen LogP contribution in [0.3, 0.4) is 0 Å². The van der Waals surface area contributed by atoms with Crippen molar-refractivity contribution in [3.05, 3.63) is 28.3 Å². The normalized spacial score (nSPS) is 13.7. The zero-order valence-corrected chi connectivity index (χ0v) is 12.4. The Balaban J connectivity index is 3.32. The average Bonchev–Trinajstić information content (AvgIpc) is 2.24. The Kier molecular flexibility index (Phi) is 4.53. The minimum atomic E-state index is -3.57. The van der Waals surface area contributed by atoms with Crippen molar-refractivity contribution in [1.82, 2.24) is 4.72 Å². The summed E-state index contributed by atoms with van der Waals surface area (Å²) < 4.78 is 27.0. The number of sulfonamides is 1. The number of hydrogen-bond acceptors (Lipinski definition) is 3. The molecule has 0 saturated heterocycles. The van der Waals surface area contributed by atoms with Gasteiger partial charge < -0.3 is 5.11 Å². The molecule has 0 fully saturated rings. The Hall–Kier alpha value is -0.910. The molecule has 0 aromatic heterocycles. The van der Waals surface area contributed by atoms with Gasteiger partial charge in [0.2, 0.25) is 10.0 Å². The maximum absolute atomic E-state index is 12.3. The van der Waals surface area contributed by atoms with Gasteiger partial charge in [0.25, 0.3) is 0 Å². The number of rotatable bonds is 4. The number of benzene rings is 1. The molecule has 0 radical (unpaired) electrons. The third kappa shape index (κ3) is 3.10. The molecule has 2 N–H and O–H groups in total. The van der Waals surface area contributed by atoms with Crippen LogP contribution in [0.2, 0.25) is 0 Å². The van der Waals surface area contributed by atoms with E-state index in [9.17, 15) is 13.5 Å². The second-order valence-electron chi connectivity index (χ2n) is 4.79. The lowest BCUT2D eigenvalue weighted by atomic mass is 10.0. The zero-order valence-electron chi connectivity index (χ0n) is 11.5. The molecule has 0 unspecified atom stereocenters. The molecule has 0 aliphatic carbocycles. The van der Waals surface area contributed by atoms with Gasteiger partial charge in [-0.1, -0.05) is 6.07 Å². The Morgan fingerprint density at radius 3 is 2.00 bits per heavy atom. The summed E-state index contributed by atoms with van der Waals surface area (Å²) in [5.41, 5.74) is 3.43. The summed E-state index contributed by atoms with van der Waals surface area (Å²) in [6, 6.07) is 1.98. The van der Waals surface area contributed by atoms with Crippen molar-refractivity contribution in [1.29, 1.82) is 0 Å². The van der Waals surface area contributed by atoms with Crippen LogP contribution < -0.4 is 4.72 Å². The van der Waals surface area contributed by atoms with Crippen LogP contribution in [0.4, 0.5) is 0 Å². The van der Waals surface area contributed by atoms with E-state index in [1.807, 2.05) is 19.9 Å². The Labute approximate surface area is 109 Å². The molecule has 0 bridgehead atoms. The second kappa shape index (κ2) is 5.38. The van der Waals surface area contributed by atoms with Crippen molar-refractivity contribution >= 4 is 10.0 Å². The fraction of sp³-hybridized carbons (Fsp3) is 0.538. The van der Waals surface area contributed by atoms with Gasteiger partial charge in [0.05, 0.1) is 11.0 Å². The number of nitrogens with one attached hydrogen (secondary N) is 1. The topological polar surface area (TPSA) is 66.4 Å². The Morgan fingerprint density at radius 1 is 1.17 bits per heavy atom. The monoisotopic (exact) mass is 271 g/mol. The molecule has 0 aliphatic heterocycles. The molecule has 0 saturated carbocycles. The van der Waals surface area contributed by atoms with E-state index < -0.39 is 16.1 Å². The first-order valence-electron chi connectivity index (χ1n) is 5.92. The number of aryl methyl sites for hydroxylation is 2. The van der Waals surface area contributed by atoms with Crippen molar-refractivity contribution in [3.8, 4) is 0 Å². The van der Waals surface area contributed by atoms with Gasteiger partial charge >= 0.3 is 0 Å². The number of hydrogen-bond donors (Lipinski definition) is 2. The largest absolute Gasteiger partial charge is 0.392 e. The maximum atomic E-state index is 12.3. The lowest BCUT2D eigenvalue weighted by molar-refractivity contribution is 0.198. The van der Waals surface area contributed by atoms with E-state index in [2.05, 4.69) is 4.72 Å². The lowest BCUT2D eigenvalue weighted by Gasteiger charge is -2.16. The quantitative estimate of drug-likeness (QED) is 0.873. The number of aliphatic hydroxyl groups excluding tert-OH is 1. The molecule has 0 heterocycles. The maximum Gasteiger partial charge on any atom is 0.241 e. The Bertz CT molecular complexity index is 522. The Morgan fingerprint density at radius 2 is 1.61 bits per heavy atom. The van der Waals surface area contributed by atoms with Gasteiger partial charge in [-0.25, -0.2) is 13.1 Å². The van der Waals surface area contributed by atoms with Crippen LogP contribution in [-0.2, 0) is 10.0 Å². The minimum absolute atomic E-state index is 0.0220. The third-order valence-electron chi connectivity index (χ3n) is 3.13. The van der Waals surface area contributed by atoms with Gasteiger partial charge in [-0.3, -0.25) is 0 Å². The third-order valence-corrected chi connectivity index (χ3v) is 4.83. The summed E-state index contributed by atoms with van der Waals surface area (Å²) in [5, 5.41) is 9.18. The molecule has 1 rings (SSSR count). The van der Waals surface area contributed by atoms with E-state index in [4.69, 9.17) is 0 Å². The van der Waals surface area contributed by atoms with E-state index in [0.717, 1.165) is 22.3 Å². The number of aliphatic hydroxyl groups is 1. The highest BCUT2D eigenvalue weighted by Crippen LogP contribution is 2.25. The van der Waals surface area contributed by atoms with E-state index in [1.54, 1.807) is 20.8 Å². The van der Waals surface area contributed by atoms with Gasteiger partial charge in [0.15, 0.2) is 0 Å². The molecule has 4 nitrogen and oxygen atoms in total. The summed E-state index contributed by atoms with van der Waals surface area (Å²) in [4.78, 5) is 0.334. The molecule has 102 valence electrons. The van der Waals surface area contributed by atoms with Gasteiger partial charge in [-0.2, -0.15) is 0 Å². The molecule has 0 aliphatic rings. The molecular formula is C13H21NO3S. The van der Waals surface area contributed by atoms with Crippen LogP contribution in [0.1, 0.15) is 29.2 Å². The molecule has 18 heavy (non-hydrogen) atoms. The molecule has 0 amide bonds. The fourth-order valence-electron chi connectivity index (χ4n) is 1.89. The zero-order chi connectivity index (χ0) is 14.1. The lowest BCUT2D eigenvalue weighted by Crippen LogP contribution is -2.31. The SMILES string of the molecule is Cc1cc(C)c(C)c(S(=O)(=O)NC[C@@H](C)O)c1C. The van der Waals surface area contributed by atoms with Crippen molar-refractivity contribution < 1.29 is 13.5 Å². The van der Waals surface area contributed by atoms with Gasteiger partial charge in [0, 0.05) is 6.54 Å². The molecular weight excluding hydrogens is 250 g/mol. The van der Waals surface area contributed by atoms with Crippen LogP contribution >= 0.6 is 0 Å². The molecule has 5 heteroatoms. The van der Waals surface area contributed by atoms with Crippen LogP contribution in [-0.4, -0.2) is 26.2 Å². The first-order chi connectivity index (χ1) is 8.16. The van der Waals surface area contributed by atoms with Gasteiger partial charge in [0.1, 0.15) is 0 Å². The first kappa shape index (κ1) is 15.1. The predicted molar refractivity (Wildman–Crippen MR) is 72.3 cm³/mol. The highest BCUT2D eigenvalue weighted by Gasteiger charge is 2.21. The van der Waals surface area contributed by atoms with Crippen LogP contribution in [0.15, 0.2) is 11.0 Å². The van der Waals surface area contributed by atoms with Crippen LogP contribution in [0.5, 0.6) is 0 Å². The summed E-state index contributed by atoms with van der Waals surface area (Å²) in [7, 11) is -3.57. The first-order valence-corrected chi connectivity index (χ1v) is 7.40. The van der Waals surface area contributed by atoms with E-state index in [1.165, 1.54) is 0 Å². The van der Waals surface area contributed by atoms with E-state index in [-0.39, 0.29) is 6.54 Å². The van der Waals surface area contributed by atoms with Gasteiger partial charge in [-0.15, -0.1) is 0 Å². The summed E-state index contributed by atoms with van der Waals surface area (Å²) in [6.45, 7) is 8.97. The highest BCUT2D eigenvalue weighted by atomic mass is 32.2. The van der Waals surface area contributed by atoms with Crippen molar-refractivity contribution in [2.75, 3.05) is 6.54 Å². The minimum Gasteiger partial charge on any atom is -0.392 e. The molecule has 1 aromatic rings. The van der Waals surface area contributed by atoms with Gasteiger partial charge in [-0.05, 0) is 56.9 Å².